The second kappa shape index (κ2) is 8.66. The van der Waals surface area contributed by atoms with Gasteiger partial charge in [0.25, 0.3) is 0 Å². The van der Waals surface area contributed by atoms with Crippen molar-refractivity contribution >= 4 is 0 Å². The van der Waals surface area contributed by atoms with Gasteiger partial charge in [-0.3, -0.25) is 0 Å². The van der Waals surface area contributed by atoms with E-state index in [0.717, 1.165) is 42.6 Å². The molecule has 0 amide bonds. The summed E-state index contributed by atoms with van der Waals surface area (Å²) >= 11 is 0. The fourth-order valence-corrected chi connectivity index (χ4v) is 4.94. The fourth-order valence-electron chi connectivity index (χ4n) is 4.94. The Kier molecular flexibility index (Phi) is 5.72. The van der Waals surface area contributed by atoms with E-state index in [9.17, 15) is 14.6 Å². The number of rotatable bonds is 4. The van der Waals surface area contributed by atoms with Crippen molar-refractivity contribution in [3.05, 3.63) is 89.7 Å². The Morgan fingerprint density at radius 3 is 2.38 bits per heavy atom. The second-order valence-electron chi connectivity index (χ2n) is 8.99. The van der Waals surface area contributed by atoms with Crippen molar-refractivity contribution in [2.45, 2.75) is 37.1 Å². The van der Waals surface area contributed by atoms with Crippen molar-refractivity contribution in [2.24, 2.45) is 0 Å². The average Bonchev–Trinajstić information content (AvgIpc) is 2.82. The zero-order valence-corrected chi connectivity index (χ0v) is 18.0. The lowest BCUT2D eigenvalue weighted by molar-refractivity contribution is -0.0589. The lowest BCUT2D eigenvalue weighted by atomic mass is 9.81. The zero-order valence-electron chi connectivity index (χ0n) is 18.0. The Bertz CT molecular complexity index is 1060. The van der Waals surface area contributed by atoms with Crippen LogP contribution in [0.4, 0.5) is 4.39 Å². The van der Waals surface area contributed by atoms with Crippen LogP contribution in [0.2, 0.25) is 0 Å². The van der Waals surface area contributed by atoms with Crippen LogP contribution >= 0.6 is 0 Å². The Labute approximate surface area is 187 Å². The van der Waals surface area contributed by atoms with Crippen LogP contribution in [0.25, 0.3) is 11.1 Å². The van der Waals surface area contributed by atoms with Gasteiger partial charge in [0.2, 0.25) is 0 Å². The highest BCUT2D eigenvalue weighted by Crippen LogP contribution is 2.44. The summed E-state index contributed by atoms with van der Waals surface area (Å²) in [5.41, 5.74) is 3.31. The Morgan fingerprint density at radius 1 is 0.969 bits per heavy atom. The maximum atomic E-state index is 13.5. The summed E-state index contributed by atoms with van der Waals surface area (Å²) < 4.78 is 19.8. The lowest BCUT2D eigenvalue weighted by Gasteiger charge is -2.46. The highest BCUT2D eigenvalue weighted by atomic mass is 19.1. The molecule has 1 fully saturated rings. The molecule has 3 aromatic carbocycles. The molecule has 2 aliphatic rings. The molecule has 0 saturated carbocycles. The van der Waals surface area contributed by atoms with Crippen LogP contribution in [-0.4, -0.2) is 40.3 Å². The summed E-state index contributed by atoms with van der Waals surface area (Å²) in [4.78, 5) is 2.25. The van der Waals surface area contributed by atoms with Gasteiger partial charge < -0.3 is 19.8 Å². The van der Waals surface area contributed by atoms with Crippen LogP contribution < -0.4 is 4.74 Å². The van der Waals surface area contributed by atoms with Gasteiger partial charge in [-0.05, 0) is 47.7 Å². The van der Waals surface area contributed by atoms with E-state index in [2.05, 4.69) is 29.2 Å². The van der Waals surface area contributed by atoms with Gasteiger partial charge >= 0.3 is 0 Å². The molecule has 3 aromatic rings. The molecule has 2 aliphatic heterocycles. The van der Waals surface area contributed by atoms with Crippen LogP contribution in [-0.2, 0) is 0 Å². The van der Waals surface area contributed by atoms with E-state index in [1.165, 1.54) is 12.1 Å². The first kappa shape index (κ1) is 21.1. The molecule has 32 heavy (non-hydrogen) atoms. The minimum atomic E-state index is -0.713. The standard InChI is InChI=1S/C27H28FNO3/c28-22-10-11-26-23(16-22)24(30)17-27(32-26)12-14-29(15-13-27)18-25(31)21-8-6-20(7-9-21)19-4-2-1-3-5-19/h1-11,16,24-25,30-31H,12-15,17-18H2/t24-,25+/m1/s1. The smallest absolute Gasteiger partial charge is 0.126 e. The summed E-state index contributed by atoms with van der Waals surface area (Å²) in [6, 6.07) is 22.6. The third-order valence-electron chi connectivity index (χ3n) is 6.82. The molecular formula is C27H28FNO3. The highest BCUT2D eigenvalue weighted by molar-refractivity contribution is 5.63. The van der Waals surface area contributed by atoms with E-state index < -0.39 is 17.8 Å². The number of piperidine rings is 1. The Hall–Kier alpha value is -2.73. The van der Waals surface area contributed by atoms with Crippen molar-refractivity contribution in [2.75, 3.05) is 19.6 Å². The summed E-state index contributed by atoms with van der Waals surface area (Å²) in [5, 5.41) is 21.4. The SMILES string of the molecule is O[C@@H]1CC2(CCN(C[C@H](O)c3ccc(-c4ccccc4)cc3)CC2)Oc2ccc(F)cc21. The molecule has 2 atom stereocenters. The maximum absolute atomic E-state index is 13.5. The lowest BCUT2D eigenvalue weighted by Crippen LogP contribution is -2.51. The number of fused-ring (bicyclic) bond motifs is 1. The van der Waals surface area contributed by atoms with Crippen molar-refractivity contribution in [1.82, 2.24) is 4.90 Å². The third kappa shape index (κ3) is 4.29. The first-order valence-corrected chi connectivity index (χ1v) is 11.2. The third-order valence-corrected chi connectivity index (χ3v) is 6.82. The molecule has 2 N–H and O–H groups in total. The second-order valence-corrected chi connectivity index (χ2v) is 8.99. The van der Waals surface area contributed by atoms with Gasteiger partial charge in [-0.2, -0.15) is 0 Å². The quantitative estimate of drug-likeness (QED) is 0.616. The summed E-state index contributed by atoms with van der Waals surface area (Å²) in [7, 11) is 0. The van der Waals surface area contributed by atoms with Crippen LogP contribution in [0, 0.1) is 5.82 Å². The summed E-state index contributed by atoms with van der Waals surface area (Å²) in [6.07, 6.45) is 0.729. The van der Waals surface area contributed by atoms with Gasteiger partial charge in [-0.25, -0.2) is 4.39 Å². The Morgan fingerprint density at radius 2 is 1.66 bits per heavy atom. The van der Waals surface area contributed by atoms with Crippen LogP contribution in [0.15, 0.2) is 72.8 Å². The molecule has 0 bridgehead atoms. The number of aliphatic hydroxyl groups excluding tert-OH is 2. The number of β-amino-alcohol motifs (C(OH)–C–C–N with tert-alkyl or cyclic N) is 1. The van der Waals surface area contributed by atoms with E-state index in [1.54, 1.807) is 6.07 Å². The van der Waals surface area contributed by atoms with E-state index in [0.29, 0.717) is 24.3 Å². The van der Waals surface area contributed by atoms with Crippen molar-refractivity contribution in [3.63, 3.8) is 0 Å². The van der Waals surface area contributed by atoms with Gasteiger partial charge in [0.05, 0.1) is 12.2 Å². The topological polar surface area (TPSA) is 52.9 Å². The number of halogens is 1. The molecule has 5 rings (SSSR count). The first-order valence-electron chi connectivity index (χ1n) is 11.2. The van der Waals surface area contributed by atoms with Gasteiger partial charge in [-0.1, -0.05) is 54.6 Å². The number of likely N-dealkylation sites (tertiary alicyclic amines) is 1. The summed E-state index contributed by atoms with van der Waals surface area (Å²) in [5.74, 6) is 0.222. The number of nitrogens with zero attached hydrogens (tertiary/aromatic N) is 1. The van der Waals surface area contributed by atoms with Gasteiger partial charge in [-0.15, -0.1) is 0 Å². The van der Waals surface area contributed by atoms with Crippen LogP contribution in [0.3, 0.4) is 0 Å². The van der Waals surface area contributed by atoms with Crippen molar-refractivity contribution in [1.29, 1.82) is 0 Å². The summed E-state index contributed by atoms with van der Waals surface area (Å²) in [6.45, 7) is 2.12. The molecule has 0 aliphatic carbocycles. The molecule has 166 valence electrons. The minimum Gasteiger partial charge on any atom is -0.487 e. The average molecular weight is 434 g/mol. The number of ether oxygens (including phenoxy) is 1. The maximum Gasteiger partial charge on any atom is 0.126 e. The van der Waals surface area contributed by atoms with Gasteiger partial charge in [0, 0.05) is 31.6 Å². The van der Waals surface area contributed by atoms with Crippen molar-refractivity contribution in [3.8, 4) is 16.9 Å². The van der Waals surface area contributed by atoms with E-state index in [-0.39, 0.29) is 5.82 Å². The minimum absolute atomic E-state index is 0.358. The largest absolute Gasteiger partial charge is 0.487 e. The molecule has 4 nitrogen and oxygen atoms in total. The molecule has 0 radical (unpaired) electrons. The number of hydrogen-bond donors (Lipinski definition) is 2. The number of benzene rings is 3. The van der Waals surface area contributed by atoms with E-state index in [4.69, 9.17) is 4.74 Å². The number of hydrogen-bond acceptors (Lipinski definition) is 4. The predicted octanol–water partition coefficient (Wildman–Crippen LogP) is 4.88. The normalized spacial score (nSPS) is 21.0. The predicted molar refractivity (Wildman–Crippen MR) is 122 cm³/mol. The highest BCUT2D eigenvalue weighted by Gasteiger charge is 2.43. The van der Waals surface area contributed by atoms with Crippen LogP contribution in [0.1, 0.15) is 42.6 Å². The molecule has 1 saturated heterocycles. The van der Waals surface area contributed by atoms with E-state index in [1.807, 2.05) is 30.3 Å². The molecule has 2 heterocycles. The fraction of sp³-hybridized carbons (Fsp3) is 0.333. The monoisotopic (exact) mass is 433 g/mol. The van der Waals surface area contributed by atoms with Crippen molar-refractivity contribution < 1.29 is 19.3 Å². The molecule has 1 spiro atoms. The van der Waals surface area contributed by atoms with E-state index >= 15 is 0 Å². The molecule has 0 unspecified atom stereocenters. The Balaban J connectivity index is 1.19. The zero-order chi connectivity index (χ0) is 22.1. The number of aliphatic hydroxyl groups is 2. The van der Waals surface area contributed by atoms with Crippen LogP contribution in [0.5, 0.6) is 5.75 Å². The molecular weight excluding hydrogens is 405 g/mol. The first-order chi connectivity index (χ1) is 15.5. The molecule has 5 heteroatoms. The van der Waals surface area contributed by atoms with Gasteiger partial charge in [0.15, 0.2) is 0 Å². The molecule has 0 aromatic heterocycles. The van der Waals surface area contributed by atoms with Gasteiger partial charge in [0.1, 0.15) is 17.2 Å².